The van der Waals surface area contributed by atoms with E-state index in [1.807, 2.05) is 31.2 Å². The molecule has 3 rings (SSSR count). The highest BCUT2D eigenvalue weighted by atomic mass is 32.2. The van der Waals surface area contributed by atoms with Gasteiger partial charge >= 0.3 is 6.18 Å². The molecule has 0 aliphatic heterocycles. The van der Waals surface area contributed by atoms with Crippen molar-refractivity contribution in [2.45, 2.75) is 37.4 Å². The molecule has 3 aromatic rings. The Hall–Kier alpha value is -2.60. The molecule has 0 saturated carbocycles. The van der Waals surface area contributed by atoms with Crippen LogP contribution in [0.15, 0.2) is 34.8 Å². The van der Waals surface area contributed by atoms with Crippen LogP contribution < -0.4 is 10.7 Å². The number of nitrogens with two attached hydrogens (primary N) is 1. The van der Waals surface area contributed by atoms with Gasteiger partial charge in [-0.2, -0.15) is 13.2 Å². The fourth-order valence-electron chi connectivity index (χ4n) is 2.48. The van der Waals surface area contributed by atoms with Crippen LogP contribution >= 0.6 is 23.1 Å². The second-order valence-electron chi connectivity index (χ2n) is 5.96. The molecule has 1 amide bonds. The van der Waals surface area contributed by atoms with E-state index in [1.54, 1.807) is 5.38 Å². The highest BCUT2D eigenvalue weighted by Gasteiger charge is 2.38. The van der Waals surface area contributed by atoms with Crippen LogP contribution in [0.3, 0.4) is 0 Å². The number of halogens is 3. The van der Waals surface area contributed by atoms with Crippen molar-refractivity contribution in [3.63, 3.8) is 0 Å². The maximum absolute atomic E-state index is 12.7. The van der Waals surface area contributed by atoms with Gasteiger partial charge in [-0.25, -0.2) is 9.66 Å². The largest absolute Gasteiger partial charge is 0.453 e. The Morgan fingerprint density at radius 2 is 1.97 bits per heavy atom. The lowest BCUT2D eigenvalue weighted by molar-refractivity contribution is -0.146. The molecule has 7 nitrogen and oxygen atoms in total. The smallest absolute Gasteiger partial charge is 0.335 e. The molecule has 0 unspecified atom stereocenters. The van der Waals surface area contributed by atoms with Crippen molar-refractivity contribution >= 4 is 39.8 Å². The van der Waals surface area contributed by atoms with Gasteiger partial charge < -0.3 is 5.84 Å². The van der Waals surface area contributed by atoms with Crippen molar-refractivity contribution < 1.29 is 18.0 Å². The minimum Gasteiger partial charge on any atom is -0.335 e. The third-order valence-corrected chi connectivity index (χ3v) is 5.77. The molecule has 154 valence electrons. The molecule has 0 radical (unpaired) electrons. The van der Waals surface area contributed by atoms with Gasteiger partial charge in [0.05, 0.1) is 11.4 Å². The van der Waals surface area contributed by atoms with Crippen LogP contribution in [-0.2, 0) is 23.1 Å². The molecule has 0 fully saturated rings. The van der Waals surface area contributed by atoms with E-state index in [4.69, 9.17) is 5.84 Å². The van der Waals surface area contributed by atoms with E-state index >= 15 is 0 Å². The minimum absolute atomic E-state index is 0.0783. The average Bonchev–Trinajstić information content (AvgIpc) is 3.27. The summed E-state index contributed by atoms with van der Waals surface area (Å²) in [7, 11) is 0. The fourth-order valence-corrected chi connectivity index (χ4v) is 4.22. The first-order chi connectivity index (χ1) is 13.7. The van der Waals surface area contributed by atoms with Crippen LogP contribution in [0.5, 0.6) is 0 Å². The van der Waals surface area contributed by atoms with E-state index in [2.05, 4.69) is 15.2 Å². The van der Waals surface area contributed by atoms with E-state index in [1.165, 1.54) is 23.2 Å². The number of aromatic nitrogens is 4. The molecular weight excluding hydrogens is 425 g/mol. The first-order valence-corrected chi connectivity index (χ1v) is 10.3. The number of thiazole rings is 1. The van der Waals surface area contributed by atoms with E-state index < -0.39 is 12.0 Å². The van der Waals surface area contributed by atoms with Crippen molar-refractivity contribution in [2.75, 3.05) is 10.7 Å². The van der Waals surface area contributed by atoms with Crippen LogP contribution in [0, 0.1) is 0 Å². The van der Waals surface area contributed by atoms with Crippen molar-refractivity contribution in [3.05, 3.63) is 46.7 Å². The van der Waals surface area contributed by atoms with Gasteiger partial charge in [0.25, 0.3) is 5.82 Å². The highest BCUT2D eigenvalue weighted by Crippen LogP contribution is 2.32. The molecule has 2 N–H and O–H groups in total. The Morgan fingerprint density at radius 3 is 2.52 bits per heavy atom. The summed E-state index contributed by atoms with van der Waals surface area (Å²) in [6, 6.07) is 7.60. The fraction of sp³-hybridized carbons (Fsp3) is 0.294. The number of amides is 1. The predicted octanol–water partition coefficient (Wildman–Crippen LogP) is 4.01. The number of thioether (sulfide) groups is 1. The zero-order valence-corrected chi connectivity index (χ0v) is 17.1. The minimum atomic E-state index is -4.68. The van der Waals surface area contributed by atoms with Gasteiger partial charge in [0, 0.05) is 18.1 Å². The van der Waals surface area contributed by atoms with E-state index in [0.29, 0.717) is 21.2 Å². The highest BCUT2D eigenvalue weighted by molar-refractivity contribution is 7.98. The SMILES string of the molecule is CCc1ccc(N(C(C)=O)c2nc(CSc3nnc(C(F)(F)F)n3N)cs2)cc1. The lowest BCUT2D eigenvalue weighted by atomic mass is 10.1. The van der Waals surface area contributed by atoms with Crippen LogP contribution in [0.2, 0.25) is 0 Å². The average molecular weight is 442 g/mol. The first kappa shape index (κ1) is 21.1. The van der Waals surface area contributed by atoms with E-state index in [-0.39, 0.29) is 16.8 Å². The zero-order valence-electron chi connectivity index (χ0n) is 15.5. The van der Waals surface area contributed by atoms with Crippen LogP contribution in [0.4, 0.5) is 24.0 Å². The number of alkyl halides is 3. The summed E-state index contributed by atoms with van der Waals surface area (Å²) in [6.45, 7) is 3.49. The second kappa shape index (κ2) is 8.41. The van der Waals surface area contributed by atoms with Crippen molar-refractivity contribution in [1.29, 1.82) is 0 Å². The third kappa shape index (κ3) is 4.70. The van der Waals surface area contributed by atoms with Gasteiger partial charge in [0.2, 0.25) is 11.1 Å². The molecule has 2 heterocycles. The lowest BCUT2D eigenvalue weighted by Gasteiger charge is -2.18. The molecule has 29 heavy (non-hydrogen) atoms. The summed E-state index contributed by atoms with van der Waals surface area (Å²) in [4.78, 5) is 18.1. The standard InChI is InChI=1S/C17H17F3N6OS2/c1-3-11-4-6-13(7-5-11)25(10(2)27)15-22-12(8-28-15)9-29-16-24-23-14(26(16)21)17(18,19)20/h4-8H,3,9,21H2,1-2H3. The van der Waals surface area contributed by atoms with E-state index in [0.717, 1.165) is 23.7 Å². The number of rotatable bonds is 6. The third-order valence-electron chi connectivity index (χ3n) is 3.92. The molecule has 2 aromatic heterocycles. The van der Waals surface area contributed by atoms with Gasteiger partial charge in [-0.3, -0.25) is 9.69 Å². The second-order valence-corrected chi connectivity index (χ2v) is 7.74. The Balaban J connectivity index is 1.75. The number of nitrogens with zero attached hydrogens (tertiary/aromatic N) is 5. The van der Waals surface area contributed by atoms with Crippen molar-refractivity contribution in [2.24, 2.45) is 0 Å². The molecule has 0 atom stereocenters. The number of benzene rings is 1. The van der Waals surface area contributed by atoms with Gasteiger partial charge in [0.1, 0.15) is 0 Å². The number of aryl methyl sites for hydroxylation is 1. The maximum atomic E-state index is 12.7. The van der Waals surface area contributed by atoms with Gasteiger partial charge in [-0.15, -0.1) is 21.5 Å². The Bertz CT molecular complexity index is 1000. The van der Waals surface area contributed by atoms with Crippen LogP contribution in [0.25, 0.3) is 0 Å². The molecule has 0 spiro atoms. The summed E-state index contributed by atoms with van der Waals surface area (Å²) in [5, 5.41) is 8.69. The Kier molecular flexibility index (Phi) is 6.13. The summed E-state index contributed by atoms with van der Waals surface area (Å²) >= 11 is 2.24. The predicted molar refractivity (Wildman–Crippen MR) is 105 cm³/mol. The number of carbonyl (C=O) groups excluding carboxylic acids is 1. The van der Waals surface area contributed by atoms with Gasteiger partial charge in [0.15, 0.2) is 5.13 Å². The van der Waals surface area contributed by atoms with Crippen LogP contribution in [-0.4, -0.2) is 25.8 Å². The van der Waals surface area contributed by atoms with E-state index in [9.17, 15) is 18.0 Å². The number of anilines is 2. The summed E-state index contributed by atoms with van der Waals surface area (Å²) in [5.41, 5.74) is 2.43. The number of hydrogen-bond donors (Lipinski definition) is 1. The molecule has 0 aliphatic rings. The molecule has 0 bridgehead atoms. The Morgan fingerprint density at radius 1 is 1.28 bits per heavy atom. The molecule has 0 aliphatic carbocycles. The number of hydrogen-bond acceptors (Lipinski definition) is 7. The van der Waals surface area contributed by atoms with Crippen LogP contribution in [0.1, 0.15) is 30.9 Å². The van der Waals surface area contributed by atoms with Crippen molar-refractivity contribution in [1.82, 2.24) is 19.9 Å². The summed E-state index contributed by atoms with van der Waals surface area (Å²) in [6.07, 6.45) is -3.79. The summed E-state index contributed by atoms with van der Waals surface area (Å²) in [5.74, 6) is 4.19. The topological polar surface area (TPSA) is 89.9 Å². The molecule has 0 saturated heterocycles. The number of nitrogen functional groups attached to an aromatic ring is 1. The molecular formula is C17H17F3N6OS2. The lowest BCUT2D eigenvalue weighted by Crippen LogP contribution is -2.22. The van der Waals surface area contributed by atoms with Gasteiger partial charge in [-0.1, -0.05) is 30.8 Å². The quantitative estimate of drug-likeness (QED) is 0.458. The maximum Gasteiger partial charge on any atom is 0.453 e. The number of carbonyl (C=O) groups is 1. The Labute approximate surface area is 172 Å². The monoisotopic (exact) mass is 442 g/mol. The normalized spacial score (nSPS) is 11.6. The first-order valence-electron chi connectivity index (χ1n) is 8.45. The van der Waals surface area contributed by atoms with Gasteiger partial charge in [-0.05, 0) is 24.1 Å². The molecule has 1 aromatic carbocycles. The molecule has 12 heteroatoms. The summed E-state index contributed by atoms with van der Waals surface area (Å²) < 4.78 is 38.6. The zero-order chi connectivity index (χ0) is 21.2. The van der Waals surface area contributed by atoms with Crippen molar-refractivity contribution in [3.8, 4) is 0 Å².